The fourth-order valence-electron chi connectivity index (χ4n) is 4.58. The number of hydrogen-bond acceptors (Lipinski definition) is 6. The molecule has 0 saturated carbocycles. The molecule has 1 aromatic carbocycles. The standard InChI is InChI=1S/C33H40ClF2N5O3S.C2H6.C2H2.U/c1-6-9-10-26(18-24(34)8-3)45(5,43)41-29-14-12-27(35)31(32(29)36)23-11-13-28(22(7-2)17-23)40-21-39-25-19-30(38-20-25)33(42)37-15-16-44-4;2*1-2;/h5,7-9,11-14,17-18,25,30,38-39H,6,15-16,19-21H2,1-4H3,(H,37,42)(H,41,43);1-2H3;1-2H;/q-2;;;+2/b22-7-,24-8+,26-18+,40-28-;;;/t25?,30-,45?;;;/m1.../s1. The van der Waals surface area contributed by atoms with Crippen LogP contribution in [0.2, 0.25) is 0 Å². The number of ether oxygens (including phenoxy) is 1. The molecule has 270 valence electrons. The first kappa shape index (κ1) is 47.3. The van der Waals surface area contributed by atoms with Crippen molar-refractivity contribution in [2.45, 2.75) is 59.5 Å². The summed E-state index contributed by atoms with van der Waals surface area (Å²) in [5, 5.41) is 9.64. The number of rotatable bonds is 14. The molecule has 4 N–H and O–H groups in total. The molecule has 0 bridgehead atoms. The normalized spacial score (nSPS) is 20.2. The fraction of sp³-hybridized carbons (Fsp3) is 0.378. The summed E-state index contributed by atoms with van der Waals surface area (Å²) in [4.78, 5) is 16.9. The number of terminal acetylenes is 1. The van der Waals surface area contributed by atoms with Crippen molar-refractivity contribution in [2.75, 3.05) is 38.2 Å². The molecule has 0 spiro atoms. The predicted octanol–water partition coefficient (Wildman–Crippen LogP) is 6.34. The van der Waals surface area contributed by atoms with Crippen LogP contribution in [-0.2, 0) is 19.2 Å². The summed E-state index contributed by atoms with van der Waals surface area (Å²) in [6.07, 6.45) is 23.3. The Labute approximate surface area is 326 Å². The van der Waals surface area contributed by atoms with Gasteiger partial charge in [-0.05, 0) is 60.7 Å². The number of nitrogens with zero attached hydrogens (tertiary/aromatic N) is 1. The van der Waals surface area contributed by atoms with Gasteiger partial charge in [0.25, 0.3) is 0 Å². The molecule has 1 aromatic rings. The molecular formula is C37H48ClF2N5O3SU. The van der Waals surface area contributed by atoms with E-state index in [-0.39, 0.29) is 82.5 Å². The monoisotopic (exact) mass is 953 g/mol. The Kier molecular flexibility index (Phi) is 23.9. The molecule has 2 unspecified atom stereocenters. The van der Waals surface area contributed by atoms with Crippen molar-refractivity contribution in [3.63, 3.8) is 0 Å². The Morgan fingerprint density at radius 2 is 1.96 bits per heavy atom. The molecule has 0 aromatic heterocycles. The van der Waals surface area contributed by atoms with Gasteiger partial charge in [0.1, 0.15) is 5.82 Å². The van der Waals surface area contributed by atoms with Gasteiger partial charge in [-0.25, -0.2) is 14.9 Å². The quantitative estimate of drug-likeness (QED) is 0.0574. The first-order valence-electron chi connectivity index (χ1n) is 15.9. The number of anilines is 1. The number of allylic oxidation sites excluding steroid dienone is 11. The fourth-order valence-corrected chi connectivity index (χ4v) is 5.91. The van der Waals surface area contributed by atoms with Crippen LogP contribution in [0.15, 0.2) is 75.2 Å². The first-order valence-corrected chi connectivity index (χ1v) is 17.9. The van der Waals surface area contributed by atoms with Gasteiger partial charge in [-0.3, -0.25) is 19.3 Å². The van der Waals surface area contributed by atoms with Crippen molar-refractivity contribution in [3.8, 4) is 12.8 Å². The minimum Gasteiger partial charge on any atom is -0.426 e. The maximum Gasteiger partial charge on any atom is 2.00 e. The number of amides is 1. The molecule has 50 heavy (non-hydrogen) atoms. The van der Waals surface area contributed by atoms with E-state index in [4.69, 9.17) is 22.2 Å². The molecule has 1 fully saturated rings. The van der Waals surface area contributed by atoms with Gasteiger partial charge in [0, 0.05) is 26.2 Å². The Morgan fingerprint density at radius 3 is 2.58 bits per heavy atom. The number of methoxy groups -OCH3 is 1. The number of benzene rings is 1. The molecule has 1 aliphatic heterocycles. The van der Waals surface area contributed by atoms with Gasteiger partial charge in [0.15, 0.2) is 5.82 Å². The Bertz CT molecular complexity index is 1620. The second-order valence-corrected chi connectivity index (χ2v) is 12.5. The molecule has 0 radical (unpaired) electrons. The summed E-state index contributed by atoms with van der Waals surface area (Å²) in [7, 11) is -1.99. The summed E-state index contributed by atoms with van der Waals surface area (Å²) in [6.45, 7) is 11.2. The van der Waals surface area contributed by atoms with Gasteiger partial charge < -0.3 is 26.0 Å². The van der Waals surface area contributed by atoms with Crippen LogP contribution in [0.1, 0.15) is 53.0 Å². The summed E-state index contributed by atoms with van der Waals surface area (Å²) >= 11 is 6.11. The van der Waals surface area contributed by atoms with Crippen LogP contribution in [0, 0.1) is 61.7 Å². The van der Waals surface area contributed by atoms with Crippen LogP contribution in [0.3, 0.4) is 0 Å². The smallest absolute Gasteiger partial charge is 0.426 e. The van der Waals surface area contributed by atoms with Crippen molar-refractivity contribution in [1.82, 2.24) is 16.0 Å². The van der Waals surface area contributed by atoms with E-state index in [0.717, 1.165) is 12.1 Å². The van der Waals surface area contributed by atoms with Gasteiger partial charge in [-0.2, -0.15) is 17.1 Å². The average Bonchev–Trinajstić information content (AvgIpc) is 3.59. The van der Waals surface area contributed by atoms with Crippen LogP contribution >= 0.6 is 11.6 Å². The van der Waals surface area contributed by atoms with Crippen LogP contribution in [0.25, 0.3) is 5.57 Å². The van der Waals surface area contributed by atoms with Crippen molar-refractivity contribution in [1.29, 1.82) is 0 Å². The zero-order valence-corrected chi connectivity index (χ0v) is 35.3. The SMILES string of the molecule is C#C.CC.[CH-]=S(=O)(Nc1ccc(F)c(C2=CC(=C/C)/C(=N\CNC3CN[C@@H](C(=O)NCCOC)C3)C=C2)c1F)/C([C-]=CCC)=C/C(Cl)=C\C.[U+2]. The number of carbonyl (C=O) groups excluding carboxylic acids is 1. The third-order valence-corrected chi connectivity index (χ3v) is 8.72. The Balaban J connectivity index is 0.00000463. The van der Waals surface area contributed by atoms with Gasteiger partial charge >= 0.3 is 31.1 Å². The van der Waals surface area contributed by atoms with Crippen LogP contribution in [0.5, 0.6) is 0 Å². The van der Waals surface area contributed by atoms with Crippen LogP contribution in [0.4, 0.5) is 14.5 Å². The van der Waals surface area contributed by atoms with Crippen molar-refractivity contribution < 1.29 is 53.6 Å². The predicted molar refractivity (Wildman–Crippen MR) is 203 cm³/mol. The molecule has 8 nitrogen and oxygen atoms in total. The Morgan fingerprint density at radius 1 is 1.26 bits per heavy atom. The third-order valence-electron chi connectivity index (χ3n) is 6.98. The second-order valence-electron chi connectivity index (χ2n) is 10.2. The molecule has 3 atom stereocenters. The molecule has 2 aliphatic rings. The number of carbonyl (C=O) groups is 1. The largest absolute Gasteiger partial charge is 2.00 e. The van der Waals surface area contributed by atoms with E-state index in [9.17, 15) is 9.00 Å². The molecule has 1 saturated heterocycles. The average molecular weight is 954 g/mol. The van der Waals surface area contributed by atoms with E-state index >= 15 is 8.78 Å². The van der Waals surface area contributed by atoms with Gasteiger partial charge in [-0.1, -0.05) is 45.4 Å². The number of nitrogens with one attached hydrogen (secondary N) is 4. The van der Waals surface area contributed by atoms with E-state index in [1.54, 1.807) is 57.4 Å². The minimum atomic E-state index is -3.57. The van der Waals surface area contributed by atoms with E-state index in [1.165, 1.54) is 6.08 Å². The summed E-state index contributed by atoms with van der Waals surface area (Å²) < 4.78 is 51.9. The topological polar surface area (TPSA) is 104 Å². The zero-order chi connectivity index (χ0) is 37.0. The van der Waals surface area contributed by atoms with Crippen molar-refractivity contribution in [3.05, 3.63) is 93.4 Å². The Hall–Kier alpha value is -2.74. The summed E-state index contributed by atoms with van der Waals surface area (Å²) in [5.41, 5.74) is 1.02. The van der Waals surface area contributed by atoms with E-state index in [0.29, 0.717) is 43.8 Å². The third kappa shape index (κ3) is 14.5. The van der Waals surface area contributed by atoms with Gasteiger partial charge in [0.05, 0.1) is 36.3 Å². The molecular weight excluding hydrogens is 906 g/mol. The summed E-state index contributed by atoms with van der Waals surface area (Å²) in [6, 6.07) is 1.99. The number of halogens is 3. The van der Waals surface area contributed by atoms with Gasteiger partial charge in [0.2, 0.25) is 5.91 Å². The van der Waals surface area contributed by atoms with Crippen molar-refractivity contribution >= 4 is 50.1 Å². The van der Waals surface area contributed by atoms with E-state index in [1.807, 2.05) is 20.8 Å². The molecule has 3 rings (SSSR count). The summed E-state index contributed by atoms with van der Waals surface area (Å²) in [5.74, 6) is 4.29. The first-order chi connectivity index (χ1) is 23.5. The maximum absolute atomic E-state index is 15.8. The second kappa shape index (κ2) is 25.3. The van der Waals surface area contributed by atoms with Crippen LogP contribution in [-0.4, -0.2) is 67.3 Å². The van der Waals surface area contributed by atoms with E-state index < -0.39 is 21.3 Å². The molecule has 1 amide bonds. The molecule has 1 aliphatic carbocycles. The van der Waals surface area contributed by atoms with E-state index in [2.05, 4.69) is 44.6 Å². The zero-order valence-electron chi connectivity index (χ0n) is 29.5. The maximum atomic E-state index is 15.8. The minimum absolute atomic E-state index is 0. The molecule has 1 heterocycles. The molecule has 13 heteroatoms. The number of aliphatic imine (C=N–C) groups is 1. The van der Waals surface area contributed by atoms with Crippen LogP contribution < -0.4 is 20.7 Å². The van der Waals surface area contributed by atoms with Crippen molar-refractivity contribution in [2.24, 2.45) is 4.99 Å². The number of hydrogen-bond donors (Lipinski definition) is 4. The van der Waals surface area contributed by atoms with Gasteiger partial charge in [-0.15, -0.1) is 34.2 Å².